The van der Waals surface area contributed by atoms with E-state index in [1.807, 2.05) is 13.8 Å². The van der Waals surface area contributed by atoms with E-state index in [1.54, 1.807) is 0 Å². The number of carboxylic acid groups (broad SMARTS) is 1. The predicted octanol–water partition coefficient (Wildman–Crippen LogP) is 4.46. The van der Waals surface area contributed by atoms with Crippen molar-refractivity contribution in [1.82, 2.24) is 21.3 Å². The summed E-state index contributed by atoms with van der Waals surface area (Å²) >= 11 is 0. The number of carboxylic acids is 1. The molecular weight excluding hydrogens is 724 g/mol. The number of unbranched alkanes of at least 4 members (excludes halogenated alkanes) is 8. The second-order valence-electron chi connectivity index (χ2n) is 14.9. The fourth-order valence-electron chi connectivity index (χ4n) is 6.87. The van der Waals surface area contributed by atoms with Gasteiger partial charge in [0.05, 0.1) is 4.92 Å². The molecule has 1 aromatic carbocycles. The van der Waals surface area contributed by atoms with Gasteiger partial charge in [0, 0.05) is 37.6 Å². The van der Waals surface area contributed by atoms with Crippen LogP contribution in [0.4, 0.5) is 5.69 Å². The van der Waals surface area contributed by atoms with Crippen molar-refractivity contribution in [3.05, 3.63) is 46.0 Å². The zero-order valence-corrected chi connectivity index (χ0v) is 32.9. The van der Waals surface area contributed by atoms with Crippen molar-refractivity contribution in [3.63, 3.8) is 0 Å². The van der Waals surface area contributed by atoms with Crippen molar-refractivity contribution in [3.8, 4) is 5.75 Å². The van der Waals surface area contributed by atoms with E-state index in [0.717, 1.165) is 108 Å². The molecule has 1 aliphatic carbocycles. The number of aliphatic carboxylic acids is 1. The number of nitrogens with two attached hydrogens (primary N) is 1. The van der Waals surface area contributed by atoms with Gasteiger partial charge in [0.2, 0.25) is 29.5 Å². The van der Waals surface area contributed by atoms with Gasteiger partial charge >= 0.3 is 11.7 Å². The number of nitro benzene ring substituents is 1. The normalized spacial score (nSPS) is 15.2. The molecule has 16 heteroatoms. The molecule has 1 aromatic rings. The van der Waals surface area contributed by atoms with Crippen LogP contribution in [-0.4, -0.2) is 75.3 Å². The molecule has 4 atom stereocenters. The van der Waals surface area contributed by atoms with Gasteiger partial charge in [-0.2, -0.15) is 0 Å². The third kappa shape index (κ3) is 18.5. The van der Waals surface area contributed by atoms with Gasteiger partial charge in [-0.1, -0.05) is 103 Å². The van der Waals surface area contributed by atoms with Crippen LogP contribution in [0.3, 0.4) is 0 Å². The second-order valence-corrected chi connectivity index (χ2v) is 14.9. The number of benzene rings is 1. The first-order valence-corrected chi connectivity index (χ1v) is 20.1. The number of phenolic OH excluding ortho intramolecular Hbond substituents is 1. The maximum atomic E-state index is 13.7. The van der Waals surface area contributed by atoms with Crippen LogP contribution in [-0.2, 0) is 35.2 Å². The van der Waals surface area contributed by atoms with Crippen LogP contribution in [0.25, 0.3) is 0 Å². The molecule has 8 N–H and O–H groups in total. The summed E-state index contributed by atoms with van der Waals surface area (Å²) in [6.07, 6.45) is 15.8. The minimum absolute atomic E-state index is 0.0179. The van der Waals surface area contributed by atoms with Crippen LogP contribution < -0.4 is 27.0 Å². The van der Waals surface area contributed by atoms with Crippen LogP contribution in [0.2, 0.25) is 0 Å². The number of rotatable bonds is 27. The Morgan fingerprint density at radius 2 is 1.50 bits per heavy atom. The highest BCUT2D eigenvalue weighted by Crippen LogP contribution is 2.28. The smallest absolute Gasteiger partial charge is 0.328 e. The molecule has 312 valence electrons. The SMILES string of the molecule is CC[C@@H](C)[C@H](NC(=O)CCCCCCCCCCCNC(=O)[C@H](Cc1ccc(O)c([N+](=O)[O-])c1)NC(=O)[C@H](CC1CCCCC1)NC(=O)/C=C/C(=O)O)C(N)=O. The molecule has 1 aliphatic rings. The van der Waals surface area contributed by atoms with Crippen LogP contribution in [0.15, 0.2) is 30.4 Å². The zero-order chi connectivity index (χ0) is 41.5. The molecule has 0 aromatic heterocycles. The third-order valence-corrected chi connectivity index (χ3v) is 10.3. The highest BCUT2D eigenvalue weighted by atomic mass is 16.6. The molecule has 0 spiro atoms. The number of carbonyl (C=O) groups excluding carboxylic acids is 5. The minimum atomic E-state index is -1.32. The molecule has 0 bridgehead atoms. The Labute approximate surface area is 329 Å². The standard InChI is InChI=1S/C40H62N6O10/c1-3-27(2)37(38(41)52)45-34(48)18-14-9-7-5-4-6-8-10-15-23-42-39(53)30(25-29-19-20-33(47)32(26-29)46(55)56)44-40(54)31(24-28-16-12-11-13-17-28)43-35(49)21-22-36(50)51/h19-22,26-28,30-31,37,47H,3-18,23-25H2,1-2H3,(H2,41,52)(H,42,53)(H,43,49)(H,44,54)(H,45,48)(H,50,51)/b22-21+/t27-,30+,31+,37+/m1/s1. The molecule has 1 fully saturated rings. The van der Waals surface area contributed by atoms with Crippen molar-refractivity contribution >= 4 is 41.2 Å². The van der Waals surface area contributed by atoms with Gasteiger partial charge in [0.15, 0.2) is 5.75 Å². The Bertz CT molecular complexity index is 1500. The number of nitro groups is 1. The summed E-state index contributed by atoms with van der Waals surface area (Å²) in [5, 5.41) is 41.2. The lowest BCUT2D eigenvalue weighted by Crippen LogP contribution is -2.54. The highest BCUT2D eigenvalue weighted by molar-refractivity contribution is 5.97. The zero-order valence-electron chi connectivity index (χ0n) is 32.9. The van der Waals surface area contributed by atoms with E-state index in [9.17, 15) is 44.0 Å². The van der Waals surface area contributed by atoms with Gasteiger partial charge in [0.25, 0.3) is 0 Å². The number of phenols is 1. The Kier molecular flexibility index (Phi) is 21.8. The van der Waals surface area contributed by atoms with Gasteiger partial charge in [-0.3, -0.25) is 34.1 Å². The first-order chi connectivity index (χ1) is 26.7. The molecule has 0 unspecified atom stereocenters. The van der Waals surface area contributed by atoms with Gasteiger partial charge < -0.3 is 37.2 Å². The molecule has 0 radical (unpaired) electrons. The van der Waals surface area contributed by atoms with E-state index in [0.29, 0.717) is 37.4 Å². The van der Waals surface area contributed by atoms with Crippen molar-refractivity contribution in [2.75, 3.05) is 6.54 Å². The summed E-state index contributed by atoms with van der Waals surface area (Å²) < 4.78 is 0. The molecule has 16 nitrogen and oxygen atoms in total. The fraction of sp³-hybridized carbons (Fsp3) is 0.650. The lowest BCUT2D eigenvalue weighted by Gasteiger charge is -2.28. The van der Waals surface area contributed by atoms with Gasteiger partial charge in [0.1, 0.15) is 18.1 Å². The van der Waals surface area contributed by atoms with E-state index in [2.05, 4.69) is 21.3 Å². The minimum Gasteiger partial charge on any atom is -0.502 e. The van der Waals surface area contributed by atoms with Crippen molar-refractivity contribution in [2.45, 2.75) is 148 Å². The monoisotopic (exact) mass is 786 g/mol. The Balaban J connectivity index is 1.89. The molecular formula is C40H62N6O10. The first-order valence-electron chi connectivity index (χ1n) is 20.1. The number of nitrogens with one attached hydrogen (secondary N) is 4. The first kappa shape index (κ1) is 47.1. The molecule has 0 heterocycles. The quantitative estimate of drug-likeness (QED) is 0.0285. The van der Waals surface area contributed by atoms with Gasteiger partial charge in [-0.05, 0) is 42.7 Å². The number of primary amides is 1. The van der Waals surface area contributed by atoms with E-state index < -0.39 is 64.1 Å². The molecule has 2 rings (SSSR count). The van der Waals surface area contributed by atoms with Crippen LogP contribution >= 0.6 is 0 Å². The van der Waals surface area contributed by atoms with Gasteiger partial charge in [-0.25, -0.2) is 4.79 Å². The Morgan fingerprint density at radius 1 is 0.875 bits per heavy atom. The van der Waals surface area contributed by atoms with Crippen molar-refractivity contribution < 1.29 is 43.9 Å². The Morgan fingerprint density at radius 3 is 2.09 bits per heavy atom. The van der Waals surface area contributed by atoms with E-state index in [4.69, 9.17) is 10.8 Å². The number of hydrogen-bond acceptors (Lipinski definition) is 9. The molecule has 56 heavy (non-hydrogen) atoms. The average Bonchev–Trinajstić information content (AvgIpc) is 3.16. The maximum Gasteiger partial charge on any atom is 0.328 e. The number of amides is 5. The molecule has 0 saturated heterocycles. The summed E-state index contributed by atoms with van der Waals surface area (Å²) in [6, 6.07) is 0.865. The largest absolute Gasteiger partial charge is 0.502 e. The van der Waals surface area contributed by atoms with Crippen molar-refractivity contribution in [2.24, 2.45) is 17.6 Å². The summed E-state index contributed by atoms with van der Waals surface area (Å²) in [6.45, 7) is 4.16. The van der Waals surface area contributed by atoms with Crippen LogP contribution in [0, 0.1) is 22.0 Å². The van der Waals surface area contributed by atoms with Crippen LogP contribution in [0.5, 0.6) is 5.75 Å². The summed E-state index contributed by atoms with van der Waals surface area (Å²) in [5.41, 5.74) is 5.22. The van der Waals surface area contributed by atoms with E-state index >= 15 is 0 Å². The predicted molar refractivity (Wildman–Crippen MR) is 210 cm³/mol. The highest BCUT2D eigenvalue weighted by Gasteiger charge is 2.30. The number of nitrogens with zero attached hydrogens (tertiary/aromatic N) is 1. The van der Waals surface area contributed by atoms with E-state index in [-0.39, 0.29) is 24.2 Å². The van der Waals surface area contributed by atoms with Crippen molar-refractivity contribution in [1.29, 1.82) is 0 Å². The summed E-state index contributed by atoms with van der Waals surface area (Å²) in [5.74, 6) is -4.32. The number of aromatic hydroxyl groups is 1. The molecule has 1 saturated carbocycles. The third-order valence-electron chi connectivity index (χ3n) is 10.3. The average molecular weight is 787 g/mol. The fourth-order valence-corrected chi connectivity index (χ4v) is 6.87. The molecule has 0 aliphatic heterocycles. The van der Waals surface area contributed by atoms with Gasteiger partial charge in [-0.15, -0.1) is 0 Å². The molecule has 5 amide bonds. The topological polar surface area (TPSA) is 260 Å². The van der Waals surface area contributed by atoms with Crippen LogP contribution in [0.1, 0.15) is 129 Å². The van der Waals surface area contributed by atoms with E-state index in [1.165, 1.54) is 6.07 Å². The maximum absolute atomic E-state index is 13.7. The summed E-state index contributed by atoms with van der Waals surface area (Å²) in [7, 11) is 0. The Hall–Kier alpha value is -5.02. The second kappa shape index (κ2) is 25.9. The number of hydrogen-bond donors (Lipinski definition) is 7. The lowest BCUT2D eigenvalue weighted by molar-refractivity contribution is -0.385. The number of carbonyl (C=O) groups is 6. The summed E-state index contributed by atoms with van der Waals surface area (Å²) in [4.78, 5) is 85.2. The lowest BCUT2D eigenvalue weighted by atomic mass is 9.84.